The molecule has 0 aliphatic rings. The summed E-state index contributed by atoms with van der Waals surface area (Å²) in [5.41, 5.74) is 6.82. The Bertz CT molecular complexity index is 339. The van der Waals surface area contributed by atoms with Crippen LogP contribution < -0.4 is 11.1 Å². The number of ether oxygens (including phenoxy) is 1. The number of anilines is 2. The third kappa shape index (κ3) is 3.89. The lowest BCUT2D eigenvalue weighted by atomic mass is 10.3. The Kier molecular flexibility index (Phi) is 3.97. The molecule has 1 unspecified atom stereocenters. The fraction of sp³-hybridized carbons (Fsp3) is 0.364. The van der Waals surface area contributed by atoms with Crippen molar-refractivity contribution in [3.63, 3.8) is 0 Å². The number of rotatable bonds is 3. The largest absolute Gasteiger partial charge is 0.446 e. The van der Waals surface area contributed by atoms with Crippen molar-refractivity contribution in [1.29, 1.82) is 0 Å². The lowest BCUT2D eigenvalue weighted by Crippen LogP contribution is -2.19. The summed E-state index contributed by atoms with van der Waals surface area (Å²) in [6.45, 7) is 3.80. The summed E-state index contributed by atoms with van der Waals surface area (Å²) < 4.78 is 5.05. The maximum absolute atomic E-state index is 11.3. The first-order chi connectivity index (χ1) is 7.11. The van der Waals surface area contributed by atoms with Gasteiger partial charge in [-0.3, -0.25) is 5.32 Å². The number of carbonyl (C=O) groups excluding carboxylic acids is 1. The molecule has 1 aromatic carbocycles. The molecular weight excluding hydrogens is 192 g/mol. The second kappa shape index (κ2) is 5.24. The fourth-order valence-corrected chi connectivity index (χ4v) is 1.03. The summed E-state index contributed by atoms with van der Waals surface area (Å²) in [6.07, 6.45) is 0.269. The summed E-state index contributed by atoms with van der Waals surface area (Å²) in [5, 5.41) is 2.61. The average molecular weight is 208 g/mol. The molecule has 3 N–H and O–H groups in total. The fourth-order valence-electron chi connectivity index (χ4n) is 1.03. The summed E-state index contributed by atoms with van der Waals surface area (Å²) in [7, 11) is 0. The third-order valence-corrected chi connectivity index (χ3v) is 2.02. The second-order valence-electron chi connectivity index (χ2n) is 3.37. The highest BCUT2D eigenvalue weighted by Crippen LogP contribution is 2.12. The highest BCUT2D eigenvalue weighted by molar-refractivity contribution is 5.85. The molecule has 4 heteroatoms. The molecule has 0 fully saturated rings. The standard InChI is InChI=1S/C11H16N2O2/c1-3-8(2)15-11(14)13-10-6-4-5-9(12)7-10/h4-8H,3,12H2,1-2H3,(H,13,14). The predicted molar refractivity (Wildman–Crippen MR) is 60.7 cm³/mol. The number of nitrogen functional groups attached to an aromatic ring is 1. The molecule has 82 valence electrons. The Balaban J connectivity index is 2.51. The van der Waals surface area contributed by atoms with E-state index in [2.05, 4.69) is 5.32 Å². The van der Waals surface area contributed by atoms with E-state index >= 15 is 0 Å². The van der Waals surface area contributed by atoms with E-state index in [-0.39, 0.29) is 6.10 Å². The van der Waals surface area contributed by atoms with Crippen molar-refractivity contribution in [3.8, 4) is 0 Å². The van der Waals surface area contributed by atoms with Crippen molar-refractivity contribution < 1.29 is 9.53 Å². The Morgan fingerprint density at radius 3 is 2.93 bits per heavy atom. The van der Waals surface area contributed by atoms with Gasteiger partial charge in [-0.05, 0) is 31.5 Å². The molecule has 0 aromatic heterocycles. The summed E-state index contributed by atoms with van der Waals surface area (Å²) in [4.78, 5) is 11.3. The van der Waals surface area contributed by atoms with Crippen LogP contribution >= 0.6 is 0 Å². The Labute approximate surface area is 89.4 Å². The first-order valence-electron chi connectivity index (χ1n) is 4.95. The number of hydrogen-bond acceptors (Lipinski definition) is 3. The van der Waals surface area contributed by atoms with Crippen LogP contribution in [0.1, 0.15) is 20.3 Å². The zero-order valence-corrected chi connectivity index (χ0v) is 8.99. The van der Waals surface area contributed by atoms with Crippen molar-refractivity contribution in [1.82, 2.24) is 0 Å². The van der Waals surface area contributed by atoms with Gasteiger partial charge in [-0.25, -0.2) is 4.79 Å². The van der Waals surface area contributed by atoms with Gasteiger partial charge in [0.2, 0.25) is 0 Å². The normalized spacial score (nSPS) is 11.9. The minimum Gasteiger partial charge on any atom is -0.446 e. The van der Waals surface area contributed by atoms with Crippen LogP contribution in [0.3, 0.4) is 0 Å². The molecule has 0 aliphatic heterocycles. The molecule has 4 nitrogen and oxygen atoms in total. The van der Waals surface area contributed by atoms with E-state index in [0.29, 0.717) is 11.4 Å². The van der Waals surface area contributed by atoms with Gasteiger partial charge in [-0.2, -0.15) is 0 Å². The van der Waals surface area contributed by atoms with Crippen LogP contribution in [0.4, 0.5) is 16.2 Å². The molecule has 0 radical (unpaired) electrons. The van der Waals surface area contributed by atoms with Gasteiger partial charge in [0.25, 0.3) is 0 Å². The van der Waals surface area contributed by atoms with Crippen LogP contribution in [0.5, 0.6) is 0 Å². The van der Waals surface area contributed by atoms with Crippen molar-refractivity contribution in [2.75, 3.05) is 11.1 Å². The number of benzene rings is 1. The van der Waals surface area contributed by atoms with Gasteiger partial charge in [0, 0.05) is 11.4 Å². The molecule has 1 atom stereocenters. The van der Waals surface area contributed by atoms with Crippen LogP contribution in [-0.2, 0) is 4.74 Å². The zero-order chi connectivity index (χ0) is 11.3. The maximum Gasteiger partial charge on any atom is 0.411 e. The maximum atomic E-state index is 11.3. The van der Waals surface area contributed by atoms with Crippen molar-refractivity contribution in [3.05, 3.63) is 24.3 Å². The quantitative estimate of drug-likeness (QED) is 0.750. The topological polar surface area (TPSA) is 64.3 Å². The molecule has 0 heterocycles. The van der Waals surface area contributed by atoms with E-state index in [4.69, 9.17) is 10.5 Å². The molecule has 15 heavy (non-hydrogen) atoms. The Hall–Kier alpha value is -1.71. The minimum atomic E-state index is -0.449. The average Bonchev–Trinajstić information content (AvgIpc) is 2.17. The molecule has 0 saturated heterocycles. The first kappa shape index (κ1) is 11.4. The lowest BCUT2D eigenvalue weighted by molar-refractivity contribution is 0.118. The zero-order valence-electron chi connectivity index (χ0n) is 8.99. The van der Waals surface area contributed by atoms with Gasteiger partial charge in [0.05, 0.1) is 0 Å². The van der Waals surface area contributed by atoms with Crippen LogP contribution in [0.25, 0.3) is 0 Å². The van der Waals surface area contributed by atoms with Gasteiger partial charge in [-0.1, -0.05) is 13.0 Å². The molecule has 1 aromatic rings. The molecular formula is C11H16N2O2. The van der Waals surface area contributed by atoms with Crippen LogP contribution in [0.15, 0.2) is 24.3 Å². The Morgan fingerprint density at radius 1 is 1.60 bits per heavy atom. The number of carbonyl (C=O) groups is 1. The lowest BCUT2D eigenvalue weighted by Gasteiger charge is -2.11. The molecule has 1 amide bonds. The van der Waals surface area contributed by atoms with E-state index in [1.807, 2.05) is 13.8 Å². The van der Waals surface area contributed by atoms with E-state index in [1.165, 1.54) is 0 Å². The van der Waals surface area contributed by atoms with Crippen LogP contribution in [-0.4, -0.2) is 12.2 Å². The van der Waals surface area contributed by atoms with E-state index in [9.17, 15) is 4.79 Å². The SMILES string of the molecule is CCC(C)OC(=O)Nc1cccc(N)c1. The number of nitrogens with two attached hydrogens (primary N) is 1. The molecule has 0 aliphatic carbocycles. The highest BCUT2D eigenvalue weighted by atomic mass is 16.6. The van der Waals surface area contributed by atoms with Crippen LogP contribution in [0, 0.1) is 0 Å². The van der Waals surface area contributed by atoms with Crippen LogP contribution in [0.2, 0.25) is 0 Å². The van der Waals surface area contributed by atoms with E-state index in [0.717, 1.165) is 6.42 Å². The second-order valence-corrected chi connectivity index (χ2v) is 3.37. The minimum absolute atomic E-state index is 0.0777. The van der Waals surface area contributed by atoms with Gasteiger partial charge in [0.15, 0.2) is 0 Å². The molecule has 0 bridgehead atoms. The number of amides is 1. The third-order valence-electron chi connectivity index (χ3n) is 2.02. The first-order valence-corrected chi connectivity index (χ1v) is 4.95. The van der Waals surface area contributed by atoms with Crippen molar-refractivity contribution in [2.45, 2.75) is 26.4 Å². The summed E-state index contributed by atoms with van der Waals surface area (Å²) >= 11 is 0. The van der Waals surface area contributed by atoms with Gasteiger partial charge >= 0.3 is 6.09 Å². The van der Waals surface area contributed by atoms with Crippen molar-refractivity contribution >= 4 is 17.5 Å². The molecule has 1 rings (SSSR count). The molecule has 0 saturated carbocycles. The van der Waals surface area contributed by atoms with Gasteiger partial charge in [0.1, 0.15) is 6.10 Å². The Morgan fingerprint density at radius 2 is 2.33 bits per heavy atom. The summed E-state index contributed by atoms with van der Waals surface area (Å²) in [6, 6.07) is 6.96. The van der Waals surface area contributed by atoms with E-state index < -0.39 is 6.09 Å². The van der Waals surface area contributed by atoms with E-state index in [1.54, 1.807) is 24.3 Å². The van der Waals surface area contributed by atoms with Gasteiger partial charge < -0.3 is 10.5 Å². The van der Waals surface area contributed by atoms with Crippen molar-refractivity contribution in [2.24, 2.45) is 0 Å². The monoisotopic (exact) mass is 208 g/mol. The van der Waals surface area contributed by atoms with Gasteiger partial charge in [-0.15, -0.1) is 0 Å². The number of hydrogen-bond donors (Lipinski definition) is 2. The predicted octanol–water partition coefficient (Wildman–Crippen LogP) is 2.62. The summed E-state index contributed by atoms with van der Waals surface area (Å²) in [5.74, 6) is 0. The highest BCUT2D eigenvalue weighted by Gasteiger charge is 2.07. The molecule has 0 spiro atoms. The number of nitrogens with one attached hydrogen (secondary N) is 1. The smallest absolute Gasteiger partial charge is 0.411 e.